The minimum atomic E-state index is -1.12. The van der Waals surface area contributed by atoms with E-state index in [1.807, 2.05) is 10.8 Å². The van der Waals surface area contributed by atoms with Gasteiger partial charge in [-0.05, 0) is 36.4 Å². The van der Waals surface area contributed by atoms with Gasteiger partial charge in [-0.3, -0.25) is 0 Å². The van der Waals surface area contributed by atoms with Gasteiger partial charge in [0.15, 0.2) is 0 Å². The van der Waals surface area contributed by atoms with Crippen molar-refractivity contribution in [3.05, 3.63) is 76.8 Å². The zero-order chi connectivity index (χ0) is 24.0. The standard InChI is InChI=1S/C24H23Cl2N3O5/c25-18-1-6-22(23(26)13-18)24(16-28-8-7-27-17-28)33-15-21(34-24)14-32-20-4-2-19(3-5-20)29(9-11-30)10-12-31/h1-8,11-13,17,21H,9-10,14-16H2/t21-,24-/m1/s1. The molecule has 1 aliphatic rings. The molecule has 1 aliphatic heterocycles. The predicted octanol–water partition coefficient (Wildman–Crippen LogP) is 3.74. The minimum absolute atomic E-state index is 0.137. The van der Waals surface area contributed by atoms with E-state index in [2.05, 4.69) is 4.98 Å². The van der Waals surface area contributed by atoms with Crippen LogP contribution in [0, 0.1) is 0 Å². The summed E-state index contributed by atoms with van der Waals surface area (Å²) in [4.78, 5) is 27.4. The van der Waals surface area contributed by atoms with Gasteiger partial charge in [0.25, 0.3) is 0 Å². The van der Waals surface area contributed by atoms with E-state index in [0.29, 0.717) is 34.5 Å². The summed E-state index contributed by atoms with van der Waals surface area (Å²) in [7, 11) is 0. The first-order chi connectivity index (χ1) is 16.5. The number of halogens is 2. The molecule has 0 aliphatic carbocycles. The van der Waals surface area contributed by atoms with Crippen molar-refractivity contribution in [1.82, 2.24) is 9.55 Å². The highest BCUT2D eigenvalue weighted by Crippen LogP contribution is 2.40. The van der Waals surface area contributed by atoms with Crippen molar-refractivity contribution in [3.8, 4) is 5.75 Å². The molecule has 4 rings (SSSR count). The first-order valence-electron chi connectivity index (χ1n) is 10.6. The Morgan fingerprint density at radius 1 is 1.15 bits per heavy atom. The molecule has 2 heterocycles. The van der Waals surface area contributed by atoms with Crippen molar-refractivity contribution < 1.29 is 23.8 Å². The van der Waals surface area contributed by atoms with Crippen molar-refractivity contribution in [3.63, 3.8) is 0 Å². The second kappa shape index (κ2) is 11.0. The summed E-state index contributed by atoms with van der Waals surface area (Å²) in [5.74, 6) is -0.495. The van der Waals surface area contributed by atoms with Crippen LogP contribution in [0.1, 0.15) is 5.56 Å². The van der Waals surface area contributed by atoms with Crippen molar-refractivity contribution in [2.24, 2.45) is 0 Å². The van der Waals surface area contributed by atoms with Gasteiger partial charge in [0.1, 0.15) is 31.0 Å². The largest absolute Gasteiger partial charge is 0.491 e. The summed E-state index contributed by atoms with van der Waals surface area (Å²) < 4.78 is 20.3. The van der Waals surface area contributed by atoms with Crippen molar-refractivity contribution in [2.45, 2.75) is 18.4 Å². The van der Waals surface area contributed by atoms with E-state index in [1.54, 1.807) is 59.9 Å². The van der Waals surface area contributed by atoms with Crippen molar-refractivity contribution in [2.75, 3.05) is 31.2 Å². The van der Waals surface area contributed by atoms with Crippen LogP contribution in [-0.2, 0) is 31.4 Å². The number of imidazole rings is 1. The third-order valence-corrected chi connectivity index (χ3v) is 5.93. The maximum absolute atomic E-state index is 10.8. The molecule has 8 nitrogen and oxygen atoms in total. The van der Waals surface area contributed by atoms with Crippen LogP contribution in [0.5, 0.6) is 5.75 Å². The van der Waals surface area contributed by atoms with Gasteiger partial charge >= 0.3 is 0 Å². The fourth-order valence-electron chi connectivity index (χ4n) is 3.78. The zero-order valence-corrected chi connectivity index (χ0v) is 19.7. The quantitative estimate of drug-likeness (QED) is 0.368. The smallest absolute Gasteiger partial charge is 0.215 e. The van der Waals surface area contributed by atoms with Gasteiger partial charge in [-0.25, -0.2) is 4.98 Å². The number of benzene rings is 2. The maximum atomic E-state index is 10.8. The number of carbonyl (C=O) groups is 2. The first-order valence-corrected chi connectivity index (χ1v) is 11.4. The van der Waals surface area contributed by atoms with Crippen LogP contribution >= 0.6 is 23.2 Å². The van der Waals surface area contributed by atoms with Gasteiger partial charge in [-0.2, -0.15) is 0 Å². The Morgan fingerprint density at radius 3 is 2.56 bits per heavy atom. The van der Waals surface area contributed by atoms with E-state index >= 15 is 0 Å². The molecule has 10 heteroatoms. The summed E-state index contributed by atoms with van der Waals surface area (Å²) >= 11 is 12.6. The molecule has 0 unspecified atom stereocenters. The van der Waals surface area contributed by atoms with E-state index in [4.69, 9.17) is 37.4 Å². The molecule has 3 aromatic rings. The number of hydrogen-bond acceptors (Lipinski definition) is 7. The monoisotopic (exact) mass is 503 g/mol. The SMILES string of the molecule is O=CCN(CC=O)c1ccc(OC[C@@H]2CO[C@@](Cn3ccnc3)(c3ccc(Cl)cc3Cl)O2)cc1. The molecule has 1 fully saturated rings. The van der Waals surface area contributed by atoms with Crippen LogP contribution in [0.15, 0.2) is 61.2 Å². The molecule has 34 heavy (non-hydrogen) atoms. The molecule has 2 atom stereocenters. The zero-order valence-electron chi connectivity index (χ0n) is 18.2. The van der Waals surface area contributed by atoms with Crippen LogP contribution in [-0.4, -0.2) is 54.5 Å². The van der Waals surface area contributed by atoms with Gasteiger partial charge in [0.2, 0.25) is 5.79 Å². The molecule has 1 aromatic heterocycles. The minimum Gasteiger partial charge on any atom is -0.491 e. The molecule has 0 bridgehead atoms. The lowest BCUT2D eigenvalue weighted by atomic mass is 10.1. The van der Waals surface area contributed by atoms with Gasteiger partial charge in [0.05, 0.1) is 37.6 Å². The van der Waals surface area contributed by atoms with E-state index < -0.39 is 5.79 Å². The third kappa shape index (κ3) is 5.59. The predicted molar refractivity (Wildman–Crippen MR) is 127 cm³/mol. The van der Waals surface area contributed by atoms with E-state index in [-0.39, 0.29) is 25.8 Å². The van der Waals surface area contributed by atoms with Crippen LogP contribution in [0.4, 0.5) is 5.69 Å². The third-order valence-electron chi connectivity index (χ3n) is 5.38. The lowest BCUT2D eigenvalue weighted by molar-refractivity contribution is -0.189. The Hall–Kier alpha value is -2.91. The number of nitrogens with zero attached hydrogens (tertiary/aromatic N) is 3. The van der Waals surface area contributed by atoms with Crippen LogP contribution in [0.25, 0.3) is 0 Å². The number of aldehydes is 2. The molecular formula is C24H23Cl2N3O5. The van der Waals surface area contributed by atoms with Gasteiger partial charge in [-0.1, -0.05) is 29.3 Å². The summed E-state index contributed by atoms with van der Waals surface area (Å²) in [5.41, 5.74) is 1.42. The molecule has 0 N–H and O–H groups in total. The molecule has 0 spiro atoms. The van der Waals surface area contributed by atoms with E-state index in [0.717, 1.165) is 18.3 Å². The average molecular weight is 504 g/mol. The number of rotatable bonds is 11. The number of carbonyl (C=O) groups excluding carboxylic acids is 2. The highest BCUT2D eigenvalue weighted by Gasteiger charge is 2.45. The van der Waals surface area contributed by atoms with Crippen molar-refractivity contribution in [1.29, 1.82) is 0 Å². The van der Waals surface area contributed by atoms with Crippen LogP contribution < -0.4 is 9.64 Å². The van der Waals surface area contributed by atoms with Gasteiger partial charge in [0, 0.05) is 28.7 Å². The average Bonchev–Trinajstić information content (AvgIpc) is 3.49. The number of anilines is 1. The molecule has 0 saturated carbocycles. The Morgan fingerprint density at radius 2 is 1.91 bits per heavy atom. The lowest BCUT2D eigenvalue weighted by Crippen LogP contribution is -2.34. The van der Waals surface area contributed by atoms with Crippen LogP contribution in [0.3, 0.4) is 0 Å². The lowest BCUT2D eigenvalue weighted by Gasteiger charge is -2.30. The molecular weight excluding hydrogens is 481 g/mol. The number of ether oxygens (including phenoxy) is 3. The van der Waals surface area contributed by atoms with Crippen LogP contribution in [0.2, 0.25) is 10.0 Å². The fraction of sp³-hybridized carbons (Fsp3) is 0.292. The fourth-order valence-corrected chi connectivity index (χ4v) is 4.34. The number of hydrogen-bond donors (Lipinski definition) is 0. The molecule has 1 saturated heterocycles. The van der Waals surface area contributed by atoms with E-state index in [1.165, 1.54) is 0 Å². The normalized spacial score (nSPS) is 19.6. The maximum Gasteiger partial charge on any atom is 0.215 e. The Kier molecular flexibility index (Phi) is 7.84. The number of aromatic nitrogens is 2. The molecule has 2 aromatic carbocycles. The summed E-state index contributed by atoms with van der Waals surface area (Å²) in [6, 6.07) is 12.4. The Labute approximate surface area is 206 Å². The Bertz CT molecular complexity index is 1100. The van der Waals surface area contributed by atoms with E-state index in [9.17, 15) is 9.59 Å². The van der Waals surface area contributed by atoms with Gasteiger partial charge < -0.3 is 33.3 Å². The summed E-state index contributed by atoms with van der Waals surface area (Å²) in [5, 5.41) is 0.965. The second-order valence-corrected chi connectivity index (χ2v) is 8.55. The highest BCUT2D eigenvalue weighted by atomic mass is 35.5. The second-order valence-electron chi connectivity index (χ2n) is 7.71. The first kappa shape index (κ1) is 24.2. The topological polar surface area (TPSA) is 82.9 Å². The summed E-state index contributed by atoms with van der Waals surface area (Å²) in [6.07, 6.45) is 6.35. The molecule has 178 valence electrons. The van der Waals surface area contributed by atoms with Crippen molar-refractivity contribution >= 4 is 41.5 Å². The molecule has 0 radical (unpaired) electrons. The van der Waals surface area contributed by atoms with Gasteiger partial charge in [-0.15, -0.1) is 0 Å². The summed E-state index contributed by atoms with van der Waals surface area (Å²) in [6.45, 7) is 1.18. The Balaban J connectivity index is 1.45. The molecule has 0 amide bonds. The highest BCUT2D eigenvalue weighted by molar-refractivity contribution is 6.35.